The molecule has 118 valence electrons. The Labute approximate surface area is 135 Å². The van der Waals surface area contributed by atoms with E-state index in [1.165, 1.54) is 0 Å². The standard InChI is InChI=1S/C16H18ClNO3S/c1-2-22(20,21)13-9-7-12(8-10-13)18-11-16(19)14-5-3-4-6-15(14)17/h3-10,16,18-19H,2,11H2,1H3. The van der Waals surface area contributed by atoms with Gasteiger partial charge in [-0.3, -0.25) is 0 Å². The van der Waals surface area contributed by atoms with Crippen molar-refractivity contribution in [1.29, 1.82) is 0 Å². The second-order valence-corrected chi connectivity index (χ2v) is 7.53. The average Bonchev–Trinajstić information content (AvgIpc) is 2.53. The zero-order valence-corrected chi connectivity index (χ0v) is 13.7. The number of anilines is 1. The van der Waals surface area contributed by atoms with E-state index in [9.17, 15) is 13.5 Å². The van der Waals surface area contributed by atoms with Crippen molar-refractivity contribution in [1.82, 2.24) is 0 Å². The number of aliphatic hydroxyl groups is 1. The lowest BCUT2D eigenvalue weighted by molar-refractivity contribution is 0.192. The number of benzene rings is 2. The summed E-state index contributed by atoms with van der Waals surface area (Å²) in [5.41, 5.74) is 1.39. The van der Waals surface area contributed by atoms with E-state index in [2.05, 4.69) is 5.32 Å². The van der Waals surface area contributed by atoms with Crippen molar-refractivity contribution in [3.63, 3.8) is 0 Å². The largest absolute Gasteiger partial charge is 0.387 e. The van der Waals surface area contributed by atoms with Gasteiger partial charge in [-0.15, -0.1) is 0 Å². The maximum absolute atomic E-state index is 11.7. The topological polar surface area (TPSA) is 66.4 Å². The summed E-state index contributed by atoms with van der Waals surface area (Å²) in [4.78, 5) is 0.298. The van der Waals surface area contributed by atoms with E-state index in [-0.39, 0.29) is 12.3 Å². The Morgan fingerprint density at radius 2 is 1.77 bits per heavy atom. The van der Waals surface area contributed by atoms with Crippen LogP contribution in [0, 0.1) is 0 Å². The van der Waals surface area contributed by atoms with Gasteiger partial charge >= 0.3 is 0 Å². The van der Waals surface area contributed by atoms with Gasteiger partial charge in [-0.1, -0.05) is 36.7 Å². The molecule has 4 nitrogen and oxygen atoms in total. The Hall–Kier alpha value is -1.56. The molecule has 2 aromatic carbocycles. The van der Waals surface area contributed by atoms with Crippen molar-refractivity contribution in [3.05, 3.63) is 59.1 Å². The molecular weight excluding hydrogens is 322 g/mol. The molecule has 0 fully saturated rings. The molecule has 0 heterocycles. The van der Waals surface area contributed by atoms with Crippen LogP contribution in [0.25, 0.3) is 0 Å². The molecule has 0 aromatic heterocycles. The highest BCUT2D eigenvalue weighted by Crippen LogP contribution is 2.23. The van der Waals surface area contributed by atoms with Crippen LogP contribution in [-0.4, -0.2) is 25.8 Å². The zero-order valence-electron chi connectivity index (χ0n) is 12.2. The summed E-state index contributed by atoms with van der Waals surface area (Å²) >= 11 is 6.03. The van der Waals surface area contributed by atoms with Gasteiger partial charge in [-0.25, -0.2) is 8.42 Å². The molecule has 0 spiro atoms. The third kappa shape index (κ3) is 4.00. The molecular formula is C16H18ClNO3S. The van der Waals surface area contributed by atoms with Gasteiger partial charge in [0.2, 0.25) is 0 Å². The Balaban J connectivity index is 2.02. The van der Waals surface area contributed by atoms with Crippen LogP contribution >= 0.6 is 11.6 Å². The normalized spacial score (nSPS) is 12.9. The molecule has 0 amide bonds. The minimum Gasteiger partial charge on any atom is -0.387 e. The summed E-state index contributed by atoms with van der Waals surface area (Å²) in [6.45, 7) is 1.89. The summed E-state index contributed by atoms with van der Waals surface area (Å²) in [7, 11) is -3.19. The molecule has 0 saturated carbocycles. The lowest BCUT2D eigenvalue weighted by Crippen LogP contribution is -2.12. The fraction of sp³-hybridized carbons (Fsp3) is 0.250. The minimum absolute atomic E-state index is 0.0744. The predicted octanol–water partition coefficient (Wildman–Crippen LogP) is 3.28. The Morgan fingerprint density at radius 1 is 1.14 bits per heavy atom. The van der Waals surface area contributed by atoms with Gasteiger partial charge in [0, 0.05) is 22.8 Å². The average molecular weight is 340 g/mol. The van der Waals surface area contributed by atoms with Crippen molar-refractivity contribution in [2.75, 3.05) is 17.6 Å². The van der Waals surface area contributed by atoms with E-state index in [0.29, 0.717) is 15.5 Å². The minimum atomic E-state index is -3.19. The Kier molecular flexibility index (Phi) is 5.45. The fourth-order valence-electron chi connectivity index (χ4n) is 2.02. The summed E-state index contributed by atoms with van der Waals surface area (Å²) in [6.07, 6.45) is -0.743. The van der Waals surface area contributed by atoms with E-state index in [4.69, 9.17) is 11.6 Å². The number of halogens is 1. The number of hydrogen-bond donors (Lipinski definition) is 2. The molecule has 0 saturated heterocycles. The number of aliphatic hydroxyl groups excluding tert-OH is 1. The van der Waals surface area contributed by atoms with Gasteiger partial charge < -0.3 is 10.4 Å². The Morgan fingerprint density at radius 3 is 2.36 bits per heavy atom. The van der Waals surface area contributed by atoms with Crippen molar-refractivity contribution in [2.45, 2.75) is 17.9 Å². The molecule has 22 heavy (non-hydrogen) atoms. The second kappa shape index (κ2) is 7.13. The lowest BCUT2D eigenvalue weighted by Gasteiger charge is -2.14. The first-order valence-corrected chi connectivity index (χ1v) is 8.96. The van der Waals surface area contributed by atoms with Crippen LogP contribution in [0.3, 0.4) is 0 Å². The molecule has 6 heteroatoms. The first kappa shape index (κ1) is 16.8. The van der Waals surface area contributed by atoms with Gasteiger partial charge in [-0.05, 0) is 30.3 Å². The van der Waals surface area contributed by atoms with Crippen LogP contribution in [0.5, 0.6) is 0 Å². The first-order valence-electron chi connectivity index (χ1n) is 6.93. The highest BCUT2D eigenvalue weighted by molar-refractivity contribution is 7.91. The molecule has 1 atom stereocenters. The van der Waals surface area contributed by atoms with Crippen molar-refractivity contribution in [3.8, 4) is 0 Å². The molecule has 0 aliphatic carbocycles. The highest BCUT2D eigenvalue weighted by Gasteiger charge is 2.12. The quantitative estimate of drug-likeness (QED) is 0.847. The van der Waals surface area contributed by atoms with E-state index in [0.717, 1.165) is 5.69 Å². The number of hydrogen-bond acceptors (Lipinski definition) is 4. The molecule has 0 bridgehead atoms. The van der Waals surface area contributed by atoms with Crippen LogP contribution in [0.15, 0.2) is 53.4 Å². The molecule has 0 aliphatic rings. The van der Waals surface area contributed by atoms with E-state index >= 15 is 0 Å². The van der Waals surface area contributed by atoms with Crippen molar-refractivity contribution < 1.29 is 13.5 Å². The maximum Gasteiger partial charge on any atom is 0.178 e. The third-order valence-corrected chi connectivity index (χ3v) is 5.45. The van der Waals surface area contributed by atoms with Crippen molar-refractivity contribution >= 4 is 27.1 Å². The maximum atomic E-state index is 11.7. The van der Waals surface area contributed by atoms with E-state index < -0.39 is 15.9 Å². The molecule has 2 rings (SSSR count). The van der Waals surface area contributed by atoms with Crippen LogP contribution in [0.1, 0.15) is 18.6 Å². The molecule has 1 unspecified atom stereocenters. The highest BCUT2D eigenvalue weighted by atomic mass is 35.5. The van der Waals surface area contributed by atoms with Crippen LogP contribution < -0.4 is 5.32 Å². The summed E-state index contributed by atoms with van der Waals surface area (Å²) < 4.78 is 23.5. The fourth-order valence-corrected chi connectivity index (χ4v) is 3.16. The molecule has 2 aromatic rings. The SMILES string of the molecule is CCS(=O)(=O)c1ccc(NCC(O)c2ccccc2Cl)cc1. The number of rotatable bonds is 6. The second-order valence-electron chi connectivity index (χ2n) is 4.85. The van der Waals surface area contributed by atoms with Crippen molar-refractivity contribution in [2.24, 2.45) is 0 Å². The number of sulfone groups is 1. The van der Waals surface area contributed by atoms with Gasteiger partial charge in [0.1, 0.15) is 0 Å². The van der Waals surface area contributed by atoms with Crippen LogP contribution in [0.2, 0.25) is 5.02 Å². The zero-order chi connectivity index (χ0) is 16.2. The van der Waals surface area contributed by atoms with Gasteiger partial charge in [0.05, 0.1) is 16.8 Å². The molecule has 0 aliphatic heterocycles. The smallest absolute Gasteiger partial charge is 0.178 e. The molecule has 0 radical (unpaired) electrons. The summed E-state index contributed by atoms with van der Waals surface area (Å²) in [5, 5.41) is 13.7. The van der Waals surface area contributed by atoms with Gasteiger partial charge in [0.25, 0.3) is 0 Å². The Bertz CT molecular complexity index is 729. The van der Waals surface area contributed by atoms with Gasteiger partial charge in [-0.2, -0.15) is 0 Å². The molecule has 2 N–H and O–H groups in total. The first-order chi connectivity index (χ1) is 10.4. The van der Waals surface area contributed by atoms with Gasteiger partial charge in [0.15, 0.2) is 9.84 Å². The summed E-state index contributed by atoms with van der Waals surface area (Å²) in [5.74, 6) is 0.0744. The predicted molar refractivity (Wildman–Crippen MR) is 89.1 cm³/mol. The van der Waals surface area contributed by atoms with E-state index in [1.54, 1.807) is 49.4 Å². The monoisotopic (exact) mass is 339 g/mol. The number of nitrogens with one attached hydrogen (secondary N) is 1. The van der Waals surface area contributed by atoms with Crippen LogP contribution in [-0.2, 0) is 9.84 Å². The summed E-state index contributed by atoms with van der Waals surface area (Å²) in [6, 6.07) is 13.6. The van der Waals surface area contributed by atoms with Crippen LogP contribution in [0.4, 0.5) is 5.69 Å². The van der Waals surface area contributed by atoms with E-state index in [1.807, 2.05) is 6.07 Å². The lowest BCUT2D eigenvalue weighted by atomic mass is 10.1. The third-order valence-electron chi connectivity index (χ3n) is 3.36.